The highest BCUT2D eigenvalue weighted by Crippen LogP contribution is 2.13. The van der Waals surface area contributed by atoms with Gasteiger partial charge in [-0.25, -0.2) is 0 Å². The lowest BCUT2D eigenvalue weighted by Gasteiger charge is -2.23. The zero-order valence-corrected chi connectivity index (χ0v) is 10.2. The van der Waals surface area contributed by atoms with Crippen molar-refractivity contribution in [2.45, 2.75) is 26.3 Å². The predicted molar refractivity (Wildman–Crippen MR) is 59.9 cm³/mol. The molecule has 16 heavy (non-hydrogen) atoms. The third kappa shape index (κ3) is 3.81. The molecule has 1 heterocycles. The smallest absolute Gasteiger partial charge is 0.302 e. The fourth-order valence-electron chi connectivity index (χ4n) is 1.90. The van der Waals surface area contributed by atoms with Crippen LogP contribution in [0.5, 0.6) is 0 Å². The second-order valence-electron chi connectivity index (χ2n) is 4.23. The Balaban J connectivity index is 2.25. The first kappa shape index (κ1) is 13.0. The number of nitrogens with zero attached hydrogens (tertiary/aromatic N) is 2. The number of likely N-dealkylation sites (tertiary alicyclic amines) is 1. The van der Waals surface area contributed by atoms with Crippen LogP contribution in [0.1, 0.15) is 20.3 Å². The minimum absolute atomic E-state index is 0.135. The van der Waals surface area contributed by atoms with Crippen LogP contribution in [-0.2, 0) is 14.3 Å². The first-order valence-corrected chi connectivity index (χ1v) is 5.60. The van der Waals surface area contributed by atoms with Gasteiger partial charge in [0.25, 0.3) is 0 Å². The second-order valence-corrected chi connectivity index (χ2v) is 4.23. The van der Waals surface area contributed by atoms with E-state index >= 15 is 0 Å². The summed E-state index contributed by atoms with van der Waals surface area (Å²) in [4.78, 5) is 25.7. The van der Waals surface area contributed by atoms with Crippen molar-refractivity contribution in [1.29, 1.82) is 0 Å². The van der Waals surface area contributed by atoms with Gasteiger partial charge in [-0.15, -0.1) is 0 Å². The van der Waals surface area contributed by atoms with Gasteiger partial charge in [-0.1, -0.05) is 0 Å². The summed E-state index contributed by atoms with van der Waals surface area (Å²) in [6, 6.07) is 0.388. The van der Waals surface area contributed by atoms with Crippen molar-refractivity contribution in [2.24, 2.45) is 0 Å². The molecule has 0 aromatic rings. The molecule has 0 radical (unpaired) electrons. The van der Waals surface area contributed by atoms with Crippen molar-refractivity contribution in [3.8, 4) is 0 Å². The molecule has 0 spiro atoms. The van der Waals surface area contributed by atoms with Crippen molar-refractivity contribution in [1.82, 2.24) is 9.80 Å². The van der Waals surface area contributed by atoms with E-state index in [1.807, 2.05) is 11.9 Å². The van der Waals surface area contributed by atoms with Crippen LogP contribution in [0.3, 0.4) is 0 Å². The maximum Gasteiger partial charge on any atom is 0.302 e. The highest BCUT2D eigenvalue weighted by Gasteiger charge is 2.26. The van der Waals surface area contributed by atoms with E-state index in [9.17, 15) is 9.59 Å². The average molecular weight is 228 g/mol. The van der Waals surface area contributed by atoms with Crippen LogP contribution in [0.25, 0.3) is 0 Å². The third-order valence-electron chi connectivity index (χ3n) is 2.98. The maximum absolute atomic E-state index is 11.2. The van der Waals surface area contributed by atoms with Crippen molar-refractivity contribution < 1.29 is 14.3 Å². The Morgan fingerprint density at radius 3 is 2.62 bits per heavy atom. The van der Waals surface area contributed by atoms with Crippen molar-refractivity contribution in [3.05, 3.63) is 0 Å². The predicted octanol–water partition coefficient (Wildman–Crippen LogP) is 0.102. The van der Waals surface area contributed by atoms with E-state index in [0.29, 0.717) is 12.6 Å². The molecular weight excluding hydrogens is 208 g/mol. The molecule has 0 aromatic heterocycles. The number of carbonyl (C=O) groups excluding carboxylic acids is 2. The van der Waals surface area contributed by atoms with Crippen LogP contribution in [-0.4, -0.2) is 61.0 Å². The van der Waals surface area contributed by atoms with Gasteiger partial charge in [0.15, 0.2) is 0 Å². The Bertz CT molecular complexity index is 268. The molecule has 0 aromatic carbocycles. The van der Waals surface area contributed by atoms with Crippen molar-refractivity contribution in [2.75, 3.05) is 33.3 Å². The van der Waals surface area contributed by atoms with E-state index in [2.05, 4.69) is 4.90 Å². The summed E-state index contributed by atoms with van der Waals surface area (Å²) >= 11 is 0. The van der Waals surface area contributed by atoms with Gasteiger partial charge in [0.2, 0.25) is 5.91 Å². The zero-order valence-electron chi connectivity index (χ0n) is 10.2. The van der Waals surface area contributed by atoms with Crippen LogP contribution in [0.15, 0.2) is 0 Å². The number of hydrogen-bond donors (Lipinski definition) is 0. The Hall–Kier alpha value is -1.10. The molecule has 1 fully saturated rings. The number of carbonyl (C=O) groups is 2. The average Bonchev–Trinajstić information content (AvgIpc) is 2.65. The van der Waals surface area contributed by atoms with Gasteiger partial charge >= 0.3 is 5.97 Å². The number of likely N-dealkylation sites (N-methyl/N-ethyl adjacent to an activating group) is 1. The molecule has 5 heteroatoms. The molecule has 1 rings (SSSR count). The number of amides is 1. The van der Waals surface area contributed by atoms with Crippen LogP contribution >= 0.6 is 0 Å². The first-order chi connectivity index (χ1) is 7.50. The number of rotatable bonds is 4. The monoisotopic (exact) mass is 228 g/mol. The van der Waals surface area contributed by atoms with Gasteiger partial charge < -0.3 is 9.64 Å². The van der Waals surface area contributed by atoms with E-state index in [-0.39, 0.29) is 11.9 Å². The van der Waals surface area contributed by atoms with E-state index < -0.39 is 0 Å². The fraction of sp³-hybridized carbons (Fsp3) is 0.818. The fourth-order valence-corrected chi connectivity index (χ4v) is 1.90. The molecule has 0 saturated carbocycles. The molecule has 1 amide bonds. The molecule has 1 aliphatic rings. The van der Waals surface area contributed by atoms with Gasteiger partial charge in [0.05, 0.1) is 0 Å². The largest absolute Gasteiger partial charge is 0.465 e. The van der Waals surface area contributed by atoms with E-state index in [1.165, 1.54) is 6.92 Å². The Morgan fingerprint density at radius 1 is 1.44 bits per heavy atom. The van der Waals surface area contributed by atoms with E-state index in [4.69, 9.17) is 4.74 Å². The lowest BCUT2D eigenvalue weighted by atomic mass is 10.2. The SMILES string of the molecule is CC(=O)OCCN(C)[C@H]1CCN(C(C)=O)C1. The van der Waals surface area contributed by atoms with Gasteiger partial charge in [-0.2, -0.15) is 0 Å². The number of hydrogen-bond acceptors (Lipinski definition) is 4. The minimum atomic E-state index is -0.245. The van der Waals surface area contributed by atoms with Crippen molar-refractivity contribution >= 4 is 11.9 Å². The molecule has 1 saturated heterocycles. The molecular formula is C11H20N2O3. The lowest BCUT2D eigenvalue weighted by Crippen LogP contribution is -2.37. The topological polar surface area (TPSA) is 49.9 Å². The molecule has 0 N–H and O–H groups in total. The van der Waals surface area contributed by atoms with E-state index in [1.54, 1.807) is 6.92 Å². The molecule has 0 aliphatic carbocycles. The van der Waals surface area contributed by atoms with Crippen LogP contribution in [0.4, 0.5) is 0 Å². The van der Waals surface area contributed by atoms with Gasteiger partial charge in [-0.3, -0.25) is 14.5 Å². The quantitative estimate of drug-likeness (QED) is 0.640. The Kier molecular flexibility index (Phi) is 4.73. The summed E-state index contributed by atoms with van der Waals surface area (Å²) in [5.41, 5.74) is 0. The molecule has 5 nitrogen and oxygen atoms in total. The first-order valence-electron chi connectivity index (χ1n) is 5.60. The Morgan fingerprint density at radius 2 is 2.12 bits per heavy atom. The Labute approximate surface area is 96.3 Å². The second kappa shape index (κ2) is 5.84. The van der Waals surface area contributed by atoms with Crippen molar-refractivity contribution in [3.63, 3.8) is 0 Å². The maximum atomic E-state index is 11.2. The summed E-state index contributed by atoms with van der Waals surface area (Å²) in [5.74, 6) is -0.110. The summed E-state index contributed by atoms with van der Waals surface area (Å²) in [6.07, 6.45) is 0.996. The number of esters is 1. The zero-order chi connectivity index (χ0) is 12.1. The normalized spacial score (nSPS) is 20.2. The highest BCUT2D eigenvalue weighted by molar-refractivity contribution is 5.73. The van der Waals surface area contributed by atoms with E-state index in [0.717, 1.165) is 26.1 Å². The van der Waals surface area contributed by atoms with Crippen LogP contribution < -0.4 is 0 Å². The minimum Gasteiger partial charge on any atom is -0.465 e. The third-order valence-corrected chi connectivity index (χ3v) is 2.98. The van der Waals surface area contributed by atoms with Crippen LogP contribution in [0.2, 0.25) is 0 Å². The summed E-state index contributed by atoms with van der Waals surface area (Å²) < 4.78 is 4.89. The highest BCUT2D eigenvalue weighted by atomic mass is 16.5. The molecule has 1 aliphatic heterocycles. The van der Waals surface area contributed by atoms with Crippen LogP contribution in [0, 0.1) is 0 Å². The van der Waals surface area contributed by atoms with Gasteiger partial charge in [0.1, 0.15) is 6.61 Å². The molecule has 0 bridgehead atoms. The number of ether oxygens (including phenoxy) is 1. The molecule has 92 valence electrons. The summed E-state index contributed by atoms with van der Waals surface area (Å²) in [6.45, 7) is 5.76. The standard InChI is InChI=1S/C11H20N2O3/c1-9(14)13-5-4-11(8-13)12(3)6-7-16-10(2)15/h11H,4-8H2,1-3H3/t11-/m0/s1. The lowest BCUT2D eigenvalue weighted by molar-refractivity contribution is -0.141. The summed E-state index contributed by atoms with van der Waals surface area (Å²) in [5, 5.41) is 0. The van der Waals surface area contributed by atoms with Gasteiger partial charge in [0, 0.05) is 39.5 Å². The summed E-state index contributed by atoms with van der Waals surface area (Å²) in [7, 11) is 2.00. The molecule has 1 atom stereocenters. The van der Waals surface area contributed by atoms with Gasteiger partial charge in [-0.05, 0) is 13.5 Å². The molecule has 0 unspecified atom stereocenters.